The molecule has 2 heterocycles. The molecule has 2 rings (SSSR count). The van der Waals surface area contributed by atoms with Crippen LogP contribution < -0.4 is 0 Å². The van der Waals surface area contributed by atoms with Crippen LogP contribution in [0.4, 0.5) is 0 Å². The van der Waals surface area contributed by atoms with Gasteiger partial charge in [-0.1, -0.05) is 0 Å². The lowest BCUT2D eigenvalue weighted by Gasteiger charge is -2.15. The first-order valence-corrected chi connectivity index (χ1v) is 4.08. The molecule has 1 aromatic heterocycles. The highest BCUT2D eigenvalue weighted by Gasteiger charge is 2.47. The molecule has 12 heavy (non-hydrogen) atoms. The fraction of sp³-hybridized carbons (Fsp3) is 0.556. The van der Waals surface area contributed by atoms with Gasteiger partial charge in [-0.05, 0) is 32.9 Å². The highest BCUT2D eigenvalue weighted by atomic mass is 16.8. The molecule has 0 N–H and O–H groups in total. The summed E-state index contributed by atoms with van der Waals surface area (Å²) < 4.78 is 5.22. The predicted molar refractivity (Wildman–Crippen MR) is 44.1 cm³/mol. The molecule has 2 atom stereocenters. The van der Waals surface area contributed by atoms with E-state index in [2.05, 4.69) is 20.8 Å². The van der Waals surface area contributed by atoms with Gasteiger partial charge in [-0.2, -0.15) is 0 Å². The van der Waals surface area contributed by atoms with Crippen LogP contribution in [0.2, 0.25) is 0 Å². The Morgan fingerprint density at radius 2 is 2.17 bits per heavy atom. The van der Waals surface area contributed by atoms with Gasteiger partial charge in [0.2, 0.25) is 6.23 Å². The van der Waals surface area contributed by atoms with Crippen molar-refractivity contribution in [3.63, 3.8) is 0 Å². The van der Waals surface area contributed by atoms with Crippen molar-refractivity contribution in [2.24, 2.45) is 0 Å². The smallest absolute Gasteiger partial charge is 0.212 e. The van der Waals surface area contributed by atoms with E-state index < -0.39 is 0 Å². The molecule has 0 saturated carbocycles. The van der Waals surface area contributed by atoms with Crippen molar-refractivity contribution in [3.8, 4) is 0 Å². The van der Waals surface area contributed by atoms with E-state index in [0.717, 1.165) is 5.76 Å². The van der Waals surface area contributed by atoms with Crippen molar-refractivity contribution in [1.82, 2.24) is 5.06 Å². The van der Waals surface area contributed by atoms with E-state index in [-0.39, 0.29) is 11.8 Å². The van der Waals surface area contributed by atoms with Crippen LogP contribution >= 0.6 is 0 Å². The number of nitrogens with zero attached hydrogens (tertiary/aromatic N) is 1. The van der Waals surface area contributed by atoms with Crippen LogP contribution in [0.3, 0.4) is 0 Å². The summed E-state index contributed by atoms with van der Waals surface area (Å²) in [6, 6.07) is 3.80. The lowest BCUT2D eigenvalue weighted by molar-refractivity contribution is 0.101. The minimum atomic E-state index is 0.0278. The average molecular weight is 167 g/mol. The van der Waals surface area contributed by atoms with Crippen LogP contribution in [0.1, 0.15) is 32.8 Å². The molecule has 0 radical (unpaired) electrons. The first-order chi connectivity index (χ1) is 5.59. The van der Waals surface area contributed by atoms with Crippen LogP contribution in [0.5, 0.6) is 0 Å². The SMILES string of the molecule is CC(C)(C)N1O[C@@H]1c1ccco1. The summed E-state index contributed by atoms with van der Waals surface area (Å²) in [6.45, 7) is 6.32. The molecule has 0 bridgehead atoms. The molecule has 1 fully saturated rings. The van der Waals surface area contributed by atoms with Gasteiger partial charge in [-0.15, -0.1) is 5.06 Å². The normalized spacial score (nSPS) is 28.9. The zero-order valence-corrected chi connectivity index (χ0v) is 7.57. The van der Waals surface area contributed by atoms with Gasteiger partial charge < -0.3 is 4.42 Å². The number of hydrogen-bond acceptors (Lipinski definition) is 3. The predicted octanol–water partition coefficient (Wildman–Crippen LogP) is 2.32. The van der Waals surface area contributed by atoms with Crippen molar-refractivity contribution >= 4 is 0 Å². The van der Waals surface area contributed by atoms with Gasteiger partial charge in [0.15, 0.2) is 5.76 Å². The van der Waals surface area contributed by atoms with E-state index in [1.165, 1.54) is 0 Å². The topological polar surface area (TPSA) is 28.7 Å². The summed E-state index contributed by atoms with van der Waals surface area (Å²) in [5.74, 6) is 0.880. The van der Waals surface area contributed by atoms with Crippen molar-refractivity contribution < 1.29 is 9.25 Å². The van der Waals surface area contributed by atoms with Gasteiger partial charge >= 0.3 is 0 Å². The van der Waals surface area contributed by atoms with Gasteiger partial charge in [0.05, 0.1) is 6.26 Å². The molecular weight excluding hydrogens is 154 g/mol. The maximum Gasteiger partial charge on any atom is 0.212 e. The van der Waals surface area contributed by atoms with Crippen LogP contribution in [-0.2, 0) is 4.84 Å². The molecule has 0 aromatic carbocycles. The van der Waals surface area contributed by atoms with Gasteiger partial charge in [0, 0.05) is 5.54 Å². The fourth-order valence-electron chi connectivity index (χ4n) is 1.19. The molecule has 1 unspecified atom stereocenters. The van der Waals surface area contributed by atoms with E-state index >= 15 is 0 Å². The van der Waals surface area contributed by atoms with Gasteiger partial charge in [0.25, 0.3) is 0 Å². The summed E-state index contributed by atoms with van der Waals surface area (Å²) in [4.78, 5) is 5.37. The molecule has 1 aliphatic rings. The fourth-order valence-corrected chi connectivity index (χ4v) is 1.19. The van der Waals surface area contributed by atoms with E-state index in [0.29, 0.717) is 0 Å². The van der Waals surface area contributed by atoms with Crippen molar-refractivity contribution in [2.75, 3.05) is 0 Å². The van der Waals surface area contributed by atoms with Gasteiger partial charge in [-0.3, -0.25) is 4.84 Å². The van der Waals surface area contributed by atoms with E-state index in [9.17, 15) is 0 Å². The standard InChI is InChI=1S/C9H13NO2/c1-9(2,3)10-8(12-10)7-5-4-6-11-7/h4-6,8H,1-3H3/t8-,10?/m1/s1. The molecule has 0 spiro atoms. The minimum absolute atomic E-state index is 0.0278. The molecule has 1 aliphatic heterocycles. The molecule has 66 valence electrons. The summed E-state index contributed by atoms with van der Waals surface area (Å²) in [7, 11) is 0. The highest BCUT2D eigenvalue weighted by molar-refractivity contribution is 5.05. The Morgan fingerprint density at radius 1 is 1.42 bits per heavy atom. The zero-order valence-electron chi connectivity index (χ0n) is 7.57. The Labute approximate surface area is 71.9 Å². The van der Waals surface area contributed by atoms with Crippen molar-refractivity contribution in [2.45, 2.75) is 32.5 Å². The van der Waals surface area contributed by atoms with E-state index in [1.54, 1.807) is 6.26 Å². The minimum Gasteiger partial charge on any atom is -0.465 e. The van der Waals surface area contributed by atoms with Crippen LogP contribution in [0, 0.1) is 0 Å². The number of rotatable bonds is 1. The third-order valence-corrected chi connectivity index (χ3v) is 1.83. The first kappa shape index (κ1) is 7.83. The van der Waals surface area contributed by atoms with Crippen LogP contribution in [-0.4, -0.2) is 10.6 Å². The third kappa shape index (κ3) is 1.26. The number of hydrogen-bond donors (Lipinski definition) is 0. The van der Waals surface area contributed by atoms with Gasteiger partial charge in [0.1, 0.15) is 0 Å². The zero-order chi connectivity index (χ0) is 8.77. The van der Waals surface area contributed by atoms with Crippen LogP contribution in [0.15, 0.2) is 22.8 Å². The summed E-state index contributed by atoms with van der Waals surface area (Å²) >= 11 is 0. The Balaban J connectivity index is 2.06. The molecule has 1 aromatic rings. The summed E-state index contributed by atoms with van der Waals surface area (Å²) in [5.41, 5.74) is 0.0530. The van der Waals surface area contributed by atoms with E-state index in [1.807, 2.05) is 17.2 Å². The Morgan fingerprint density at radius 3 is 2.58 bits per heavy atom. The second-order valence-corrected chi connectivity index (χ2v) is 3.97. The Bertz CT molecular complexity index is 261. The van der Waals surface area contributed by atoms with Crippen LogP contribution in [0.25, 0.3) is 0 Å². The average Bonchev–Trinajstić information content (AvgIpc) is 2.60. The first-order valence-electron chi connectivity index (χ1n) is 4.08. The lowest BCUT2D eigenvalue weighted by atomic mass is 10.1. The largest absolute Gasteiger partial charge is 0.465 e. The molecule has 3 nitrogen and oxygen atoms in total. The highest BCUT2D eigenvalue weighted by Crippen LogP contribution is 2.43. The number of hydroxylamine groups is 2. The molecule has 3 heteroatoms. The van der Waals surface area contributed by atoms with E-state index in [4.69, 9.17) is 9.25 Å². The summed E-state index contributed by atoms with van der Waals surface area (Å²) in [6.07, 6.45) is 1.69. The molecule has 0 aliphatic carbocycles. The Hall–Kier alpha value is -0.800. The molecule has 1 saturated heterocycles. The maximum absolute atomic E-state index is 5.37. The quantitative estimate of drug-likeness (QED) is 0.601. The second kappa shape index (κ2) is 2.34. The summed E-state index contributed by atoms with van der Waals surface area (Å²) in [5, 5.41) is 1.92. The van der Waals surface area contributed by atoms with Crippen molar-refractivity contribution in [3.05, 3.63) is 24.2 Å². The van der Waals surface area contributed by atoms with Gasteiger partial charge in [-0.25, -0.2) is 0 Å². The van der Waals surface area contributed by atoms with Crippen molar-refractivity contribution in [1.29, 1.82) is 0 Å². The Kier molecular flexibility index (Phi) is 1.53. The lowest BCUT2D eigenvalue weighted by Crippen LogP contribution is -2.25. The molecular formula is C9H13NO2. The monoisotopic (exact) mass is 167 g/mol. The molecule has 0 amide bonds. The number of furan rings is 1. The third-order valence-electron chi connectivity index (χ3n) is 1.83. The second-order valence-electron chi connectivity index (χ2n) is 3.97. The maximum atomic E-state index is 5.37.